The number of rotatable bonds is 15. The monoisotopic (exact) mass is 474 g/mol. The van der Waals surface area contributed by atoms with Crippen molar-refractivity contribution in [2.45, 2.75) is 77.6 Å². The molecule has 0 aromatic rings. The first kappa shape index (κ1) is 30.7. The summed E-state index contributed by atoms with van der Waals surface area (Å²) in [6, 6.07) is 0. The highest BCUT2D eigenvalue weighted by Gasteiger charge is 2.32. The molecular formula is C22H38N2O9. The Morgan fingerprint density at radius 3 is 2.21 bits per heavy atom. The summed E-state index contributed by atoms with van der Waals surface area (Å²) in [6.07, 6.45) is 2.89. The highest BCUT2D eigenvalue weighted by atomic mass is 16.7. The number of imide groups is 1. The molecule has 1 rings (SSSR count). The van der Waals surface area contributed by atoms with Gasteiger partial charge in [-0.1, -0.05) is 13.0 Å². The number of hydroxylamine groups is 2. The lowest BCUT2D eigenvalue weighted by atomic mass is 10.2. The second-order valence-electron chi connectivity index (χ2n) is 7.67. The van der Waals surface area contributed by atoms with Gasteiger partial charge in [-0.15, -0.1) is 5.06 Å². The van der Waals surface area contributed by atoms with Gasteiger partial charge in [0.1, 0.15) is 0 Å². The molecule has 3 N–H and O–H groups in total. The van der Waals surface area contributed by atoms with E-state index in [-0.39, 0.29) is 44.0 Å². The Hall–Kier alpha value is -2.34. The van der Waals surface area contributed by atoms with Gasteiger partial charge in [0, 0.05) is 25.8 Å². The van der Waals surface area contributed by atoms with Crippen LogP contribution in [0.2, 0.25) is 0 Å². The number of ether oxygens (including phenoxy) is 2. The third-order valence-corrected chi connectivity index (χ3v) is 4.24. The molecule has 190 valence electrons. The maximum Gasteiger partial charge on any atom is 0.333 e. The molecule has 1 saturated heterocycles. The molecule has 0 saturated carbocycles. The van der Waals surface area contributed by atoms with Crippen LogP contribution in [0.1, 0.15) is 59.3 Å². The van der Waals surface area contributed by atoms with E-state index in [0.29, 0.717) is 31.2 Å². The number of nitrogens with zero attached hydrogens (tertiary/aromatic N) is 1. The van der Waals surface area contributed by atoms with Crippen LogP contribution in [0, 0.1) is 0 Å². The highest BCUT2D eigenvalue weighted by Crippen LogP contribution is 2.13. The molecule has 1 heterocycles. The molecular weight excluding hydrogens is 436 g/mol. The first-order chi connectivity index (χ1) is 15.6. The van der Waals surface area contributed by atoms with Crippen LogP contribution in [0.5, 0.6) is 0 Å². The van der Waals surface area contributed by atoms with E-state index in [1.807, 2.05) is 6.92 Å². The minimum Gasteiger partial charge on any atom is -0.394 e. The minimum atomic E-state index is -0.594. The Bertz CT molecular complexity index is 609. The third kappa shape index (κ3) is 16.0. The van der Waals surface area contributed by atoms with Crippen molar-refractivity contribution in [3.63, 3.8) is 0 Å². The number of amides is 3. The summed E-state index contributed by atoms with van der Waals surface area (Å²) in [5, 5.41) is 20.7. The zero-order valence-corrected chi connectivity index (χ0v) is 19.8. The van der Waals surface area contributed by atoms with Crippen LogP contribution in [0.15, 0.2) is 12.7 Å². The lowest BCUT2D eigenvalue weighted by molar-refractivity contribution is -0.197. The van der Waals surface area contributed by atoms with E-state index in [1.54, 1.807) is 13.8 Å². The predicted molar refractivity (Wildman–Crippen MR) is 118 cm³/mol. The van der Waals surface area contributed by atoms with E-state index in [4.69, 9.17) is 24.5 Å². The maximum atomic E-state index is 11.4. The Morgan fingerprint density at radius 1 is 1.06 bits per heavy atom. The van der Waals surface area contributed by atoms with E-state index in [0.717, 1.165) is 12.8 Å². The summed E-state index contributed by atoms with van der Waals surface area (Å²) in [5.74, 6) is -1.77. The van der Waals surface area contributed by atoms with Crippen molar-refractivity contribution in [3.8, 4) is 0 Å². The van der Waals surface area contributed by atoms with Crippen LogP contribution in [-0.4, -0.2) is 83.6 Å². The van der Waals surface area contributed by atoms with Crippen molar-refractivity contribution in [1.82, 2.24) is 10.4 Å². The van der Waals surface area contributed by atoms with Crippen LogP contribution in [0.4, 0.5) is 0 Å². The van der Waals surface area contributed by atoms with Gasteiger partial charge >= 0.3 is 5.97 Å². The summed E-state index contributed by atoms with van der Waals surface area (Å²) in [5.41, 5.74) is 0. The van der Waals surface area contributed by atoms with E-state index in [9.17, 15) is 19.2 Å². The van der Waals surface area contributed by atoms with E-state index >= 15 is 0 Å². The predicted octanol–water partition coefficient (Wildman–Crippen LogP) is 0.626. The number of unbranched alkanes of at least 4 members (excludes halogenated alkanes) is 2. The quantitative estimate of drug-likeness (QED) is 0.176. The highest BCUT2D eigenvalue weighted by molar-refractivity contribution is 6.01. The van der Waals surface area contributed by atoms with Crippen molar-refractivity contribution in [1.29, 1.82) is 0 Å². The topological polar surface area (TPSA) is 152 Å². The molecule has 3 atom stereocenters. The van der Waals surface area contributed by atoms with E-state index < -0.39 is 23.9 Å². The second kappa shape index (κ2) is 18.1. The average molecular weight is 475 g/mol. The molecule has 0 bridgehead atoms. The molecule has 0 aliphatic carbocycles. The third-order valence-electron chi connectivity index (χ3n) is 4.24. The zero-order chi connectivity index (χ0) is 25.2. The normalized spacial score (nSPS) is 15.8. The standard InChI is InChI=1S/C13H18N2O5.C9H20O4/c1-2-10(16)14-9-5-3-4-6-13(19)20-15-11(17)7-8-12(15)18;1-7(11)5-12-9(3)6-13-8(2)4-10/h2H,1,3-9H2,(H,14,16);7-11H,4-6H2,1-3H3. The van der Waals surface area contributed by atoms with Crippen LogP contribution < -0.4 is 5.32 Å². The summed E-state index contributed by atoms with van der Waals surface area (Å²) >= 11 is 0. The lowest BCUT2D eigenvalue weighted by Crippen LogP contribution is -2.31. The fourth-order valence-corrected chi connectivity index (χ4v) is 2.36. The van der Waals surface area contributed by atoms with Gasteiger partial charge < -0.3 is 29.8 Å². The molecule has 33 heavy (non-hydrogen) atoms. The largest absolute Gasteiger partial charge is 0.394 e. The fourth-order valence-electron chi connectivity index (χ4n) is 2.36. The molecule has 3 amide bonds. The Labute approximate surface area is 195 Å². The molecule has 11 heteroatoms. The zero-order valence-electron chi connectivity index (χ0n) is 19.8. The van der Waals surface area contributed by atoms with Crippen molar-refractivity contribution in [2.75, 3.05) is 26.4 Å². The number of hydrogen-bond donors (Lipinski definition) is 3. The van der Waals surface area contributed by atoms with Crippen LogP contribution in [-0.2, 0) is 33.5 Å². The van der Waals surface area contributed by atoms with E-state index in [1.165, 1.54) is 6.08 Å². The molecule has 0 aromatic carbocycles. The first-order valence-electron chi connectivity index (χ1n) is 11.1. The number of hydrogen-bond acceptors (Lipinski definition) is 9. The van der Waals surface area contributed by atoms with Crippen molar-refractivity contribution in [3.05, 3.63) is 12.7 Å². The van der Waals surface area contributed by atoms with Gasteiger partial charge in [0.05, 0.1) is 38.1 Å². The molecule has 1 aliphatic rings. The van der Waals surface area contributed by atoms with E-state index in [2.05, 4.69) is 11.9 Å². The first-order valence-corrected chi connectivity index (χ1v) is 11.1. The Balaban J connectivity index is 0.000000684. The molecule has 0 spiro atoms. The van der Waals surface area contributed by atoms with Crippen molar-refractivity contribution < 1.29 is 43.7 Å². The van der Waals surface area contributed by atoms with Crippen molar-refractivity contribution in [2.24, 2.45) is 0 Å². The number of aliphatic hydroxyl groups is 2. The fraction of sp³-hybridized carbons (Fsp3) is 0.727. The maximum absolute atomic E-state index is 11.4. The van der Waals surface area contributed by atoms with Gasteiger partial charge in [-0.2, -0.15) is 0 Å². The lowest BCUT2D eigenvalue weighted by Gasteiger charge is -2.16. The number of nitrogens with one attached hydrogen (secondary N) is 1. The molecule has 0 radical (unpaired) electrons. The molecule has 3 unspecified atom stereocenters. The van der Waals surface area contributed by atoms with Gasteiger partial charge in [-0.3, -0.25) is 14.4 Å². The summed E-state index contributed by atoms with van der Waals surface area (Å²) < 4.78 is 10.5. The summed E-state index contributed by atoms with van der Waals surface area (Å²) in [6.45, 7) is 9.95. The summed E-state index contributed by atoms with van der Waals surface area (Å²) in [7, 11) is 0. The van der Waals surface area contributed by atoms with Crippen LogP contribution in [0.3, 0.4) is 0 Å². The second-order valence-corrected chi connectivity index (χ2v) is 7.67. The Kier molecular flexibility index (Phi) is 16.8. The van der Waals surface area contributed by atoms with Crippen LogP contribution in [0.25, 0.3) is 0 Å². The molecule has 1 fully saturated rings. The SMILES string of the molecule is C=CC(=O)NCCCCCC(=O)ON1C(=O)CCC1=O.CC(O)COC(C)COC(C)CO. The van der Waals surface area contributed by atoms with Crippen molar-refractivity contribution >= 4 is 23.7 Å². The Morgan fingerprint density at radius 2 is 1.67 bits per heavy atom. The molecule has 11 nitrogen and oxygen atoms in total. The van der Waals surface area contributed by atoms with Gasteiger partial charge in [0.2, 0.25) is 5.91 Å². The van der Waals surface area contributed by atoms with Gasteiger partial charge in [0.25, 0.3) is 11.8 Å². The number of aliphatic hydroxyl groups excluding tert-OH is 2. The van der Waals surface area contributed by atoms with Gasteiger partial charge in [-0.05, 0) is 39.7 Å². The summed E-state index contributed by atoms with van der Waals surface area (Å²) in [4.78, 5) is 49.4. The number of carbonyl (C=O) groups excluding carboxylic acids is 4. The van der Waals surface area contributed by atoms with Gasteiger partial charge in [0.15, 0.2) is 0 Å². The molecule has 0 aromatic heterocycles. The number of carbonyl (C=O) groups is 4. The molecule has 1 aliphatic heterocycles. The minimum absolute atomic E-state index is 0.0170. The average Bonchev–Trinajstić information content (AvgIpc) is 3.10. The smallest absolute Gasteiger partial charge is 0.333 e. The van der Waals surface area contributed by atoms with Crippen LogP contribution >= 0.6 is 0 Å². The van der Waals surface area contributed by atoms with Gasteiger partial charge in [-0.25, -0.2) is 4.79 Å².